The summed E-state index contributed by atoms with van der Waals surface area (Å²) >= 11 is 0. The molecule has 0 saturated heterocycles. The molecule has 0 amide bonds. The Morgan fingerprint density at radius 2 is 1.60 bits per heavy atom. The summed E-state index contributed by atoms with van der Waals surface area (Å²) in [4.78, 5) is 20.1. The molecule has 0 aliphatic heterocycles. The zero-order valence-electron chi connectivity index (χ0n) is 10.1. The lowest BCUT2D eigenvalue weighted by Gasteiger charge is -2.08. The van der Waals surface area contributed by atoms with Gasteiger partial charge in [-0.2, -0.15) is 0 Å². The van der Waals surface area contributed by atoms with Gasteiger partial charge in [0.1, 0.15) is 5.75 Å². The van der Waals surface area contributed by atoms with Crippen molar-refractivity contribution in [2.75, 3.05) is 5.73 Å². The van der Waals surface area contributed by atoms with Crippen LogP contribution in [0.5, 0.6) is 11.5 Å². The Balaban J connectivity index is 2.28. The average molecular weight is 275 g/mol. The summed E-state index contributed by atoms with van der Waals surface area (Å²) in [5, 5.41) is 21.3. The van der Waals surface area contributed by atoms with Crippen LogP contribution in [0, 0.1) is 20.2 Å². The quantitative estimate of drug-likeness (QED) is 0.520. The summed E-state index contributed by atoms with van der Waals surface area (Å²) in [6.07, 6.45) is 0. The van der Waals surface area contributed by atoms with Gasteiger partial charge in [0.15, 0.2) is 11.4 Å². The highest BCUT2D eigenvalue weighted by atomic mass is 16.6. The Kier molecular flexibility index (Phi) is 3.47. The summed E-state index contributed by atoms with van der Waals surface area (Å²) in [6.45, 7) is 0. The van der Waals surface area contributed by atoms with Gasteiger partial charge >= 0.3 is 0 Å². The van der Waals surface area contributed by atoms with Gasteiger partial charge in [-0.1, -0.05) is 6.07 Å². The molecule has 0 saturated carbocycles. The number of nitrogen functional groups attached to an aromatic ring is 1. The van der Waals surface area contributed by atoms with Crippen LogP contribution in [0.1, 0.15) is 0 Å². The van der Waals surface area contributed by atoms with Gasteiger partial charge in [-0.3, -0.25) is 20.2 Å². The maximum absolute atomic E-state index is 10.7. The first-order chi connectivity index (χ1) is 9.49. The minimum absolute atomic E-state index is 0.0793. The Morgan fingerprint density at radius 1 is 0.950 bits per heavy atom. The van der Waals surface area contributed by atoms with Gasteiger partial charge in [0.2, 0.25) is 0 Å². The SMILES string of the molecule is Nc1c(Oc2ccc([N+](=O)[O-])cc2)cccc1[N+](=O)[O-]. The van der Waals surface area contributed by atoms with Crippen LogP contribution in [0.25, 0.3) is 0 Å². The number of nitro groups is 2. The Morgan fingerprint density at radius 3 is 2.15 bits per heavy atom. The van der Waals surface area contributed by atoms with E-state index in [1.807, 2.05) is 0 Å². The highest BCUT2D eigenvalue weighted by molar-refractivity contribution is 5.67. The number of hydrogen-bond donors (Lipinski definition) is 1. The molecule has 20 heavy (non-hydrogen) atoms. The fourth-order valence-corrected chi connectivity index (χ4v) is 1.54. The predicted molar refractivity (Wildman–Crippen MR) is 70.7 cm³/mol. The number of hydrogen-bond acceptors (Lipinski definition) is 6. The van der Waals surface area contributed by atoms with E-state index in [2.05, 4.69) is 0 Å². The van der Waals surface area contributed by atoms with Gasteiger partial charge in [-0.05, 0) is 18.2 Å². The first-order valence-electron chi connectivity index (χ1n) is 5.44. The van der Waals surface area contributed by atoms with E-state index in [1.165, 1.54) is 42.5 Å². The molecule has 8 nitrogen and oxygen atoms in total. The van der Waals surface area contributed by atoms with Crippen molar-refractivity contribution in [1.82, 2.24) is 0 Å². The minimum atomic E-state index is -0.613. The van der Waals surface area contributed by atoms with Crippen LogP contribution >= 0.6 is 0 Å². The average Bonchev–Trinajstić information content (AvgIpc) is 2.41. The first-order valence-corrected chi connectivity index (χ1v) is 5.44. The summed E-state index contributed by atoms with van der Waals surface area (Å²) in [5.41, 5.74) is 5.20. The molecule has 0 atom stereocenters. The normalized spacial score (nSPS) is 10.0. The molecule has 0 spiro atoms. The summed E-state index contributed by atoms with van der Waals surface area (Å²) in [7, 11) is 0. The van der Waals surface area contributed by atoms with Crippen molar-refractivity contribution in [2.45, 2.75) is 0 Å². The molecule has 2 aromatic rings. The molecule has 0 bridgehead atoms. The lowest BCUT2D eigenvalue weighted by atomic mass is 10.2. The highest BCUT2D eigenvalue weighted by Gasteiger charge is 2.16. The predicted octanol–water partition coefficient (Wildman–Crippen LogP) is 2.88. The van der Waals surface area contributed by atoms with Crippen LogP contribution in [0.15, 0.2) is 42.5 Å². The lowest BCUT2D eigenvalue weighted by molar-refractivity contribution is -0.384. The number of nitrogens with zero attached hydrogens (tertiary/aromatic N) is 2. The van der Waals surface area contributed by atoms with E-state index in [0.29, 0.717) is 5.75 Å². The molecular weight excluding hydrogens is 266 g/mol. The Hall–Kier alpha value is -3.16. The van der Waals surface area contributed by atoms with Crippen LogP contribution in [-0.4, -0.2) is 9.85 Å². The molecule has 2 aromatic carbocycles. The van der Waals surface area contributed by atoms with E-state index in [-0.39, 0.29) is 22.8 Å². The Bertz CT molecular complexity index is 669. The molecule has 0 aliphatic rings. The number of anilines is 1. The fraction of sp³-hybridized carbons (Fsp3) is 0. The molecule has 8 heteroatoms. The third-order valence-electron chi connectivity index (χ3n) is 2.52. The third kappa shape index (κ3) is 2.64. The smallest absolute Gasteiger partial charge is 0.295 e. The molecule has 102 valence electrons. The second-order valence-electron chi connectivity index (χ2n) is 3.80. The van der Waals surface area contributed by atoms with Crippen LogP contribution in [-0.2, 0) is 0 Å². The first kappa shape index (κ1) is 13.3. The molecular formula is C12H9N3O5. The molecule has 0 radical (unpaired) electrons. The monoisotopic (exact) mass is 275 g/mol. The van der Waals surface area contributed by atoms with Gasteiger partial charge in [0.25, 0.3) is 11.4 Å². The van der Waals surface area contributed by atoms with Gasteiger partial charge in [0.05, 0.1) is 9.85 Å². The van der Waals surface area contributed by atoms with E-state index < -0.39 is 9.85 Å². The number of nitrogens with two attached hydrogens (primary N) is 1. The minimum Gasteiger partial charge on any atom is -0.455 e. The van der Waals surface area contributed by atoms with Gasteiger partial charge < -0.3 is 10.5 Å². The molecule has 2 N–H and O–H groups in total. The largest absolute Gasteiger partial charge is 0.455 e. The maximum Gasteiger partial charge on any atom is 0.295 e. The van der Waals surface area contributed by atoms with E-state index in [1.54, 1.807) is 0 Å². The molecule has 0 aromatic heterocycles. The standard InChI is InChI=1S/C12H9N3O5/c13-12-10(15(18)19)2-1-3-11(12)20-9-6-4-8(5-7-9)14(16)17/h1-7H,13H2. The van der Waals surface area contributed by atoms with E-state index >= 15 is 0 Å². The number of non-ortho nitro benzene ring substituents is 1. The van der Waals surface area contributed by atoms with Crippen LogP contribution in [0.3, 0.4) is 0 Å². The lowest BCUT2D eigenvalue weighted by Crippen LogP contribution is -1.98. The van der Waals surface area contributed by atoms with Gasteiger partial charge in [-0.15, -0.1) is 0 Å². The summed E-state index contributed by atoms with van der Waals surface area (Å²) in [6, 6.07) is 9.48. The number of benzene rings is 2. The number of para-hydroxylation sites is 1. The van der Waals surface area contributed by atoms with Crippen molar-refractivity contribution < 1.29 is 14.6 Å². The fourth-order valence-electron chi connectivity index (χ4n) is 1.54. The van der Waals surface area contributed by atoms with Crippen molar-refractivity contribution >= 4 is 17.1 Å². The molecule has 0 heterocycles. The van der Waals surface area contributed by atoms with Crippen LogP contribution in [0.4, 0.5) is 17.1 Å². The van der Waals surface area contributed by atoms with Crippen molar-refractivity contribution in [2.24, 2.45) is 0 Å². The molecule has 0 fully saturated rings. The van der Waals surface area contributed by atoms with Crippen LogP contribution in [0.2, 0.25) is 0 Å². The van der Waals surface area contributed by atoms with Gasteiger partial charge in [0, 0.05) is 18.2 Å². The zero-order valence-corrected chi connectivity index (χ0v) is 10.1. The summed E-state index contributed by atoms with van der Waals surface area (Å²) in [5.74, 6) is 0.413. The molecule has 0 unspecified atom stereocenters. The Labute approximate surface area is 112 Å². The van der Waals surface area contributed by atoms with E-state index in [4.69, 9.17) is 10.5 Å². The zero-order chi connectivity index (χ0) is 14.7. The number of rotatable bonds is 4. The molecule has 0 aliphatic carbocycles. The van der Waals surface area contributed by atoms with E-state index in [0.717, 1.165) is 0 Å². The van der Waals surface area contributed by atoms with E-state index in [9.17, 15) is 20.2 Å². The maximum atomic E-state index is 10.7. The van der Waals surface area contributed by atoms with Gasteiger partial charge in [-0.25, -0.2) is 0 Å². The third-order valence-corrected chi connectivity index (χ3v) is 2.52. The second kappa shape index (κ2) is 5.22. The van der Waals surface area contributed by atoms with Crippen molar-refractivity contribution in [3.05, 3.63) is 62.7 Å². The highest BCUT2D eigenvalue weighted by Crippen LogP contribution is 2.34. The second-order valence-corrected chi connectivity index (χ2v) is 3.80. The van der Waals surface area contributed by atoms with Crippen molar-refractivity contribution in [3.63, 3.8) is 0 Å². The number of ether oxygens (including phenoxy) is 1. The number of nitro benzene ring substituents is 2. The molecule has 2 rings (SSSR count). The van der Waals surface area contributed by atoms with Crippen molar-refractivity contribution in [1.29, 1.82) is 0 Å². The van der Waals surface area contributed by atoms with Crippen LogP contribution < -0.4 is 10.5 Å². The van der Waals surface area contributed by atoms with Crippen molar-refractivity contribution in [3.8, 4) is 11.5 Å². The topological polar surface area (TPSA) is 122 Å². The summed E-state index contributed by atoms with van der Waals surface area (Å²) < 4.78 is 5.38.